The first-order valence-electron chi connectivity index (χ1n) is 10.9. The molecule has 3 rings (SSSR count). The van der Waals surface area contributed by atoms with Crippen LogP contribution in [0, 0.1) is 5.82 Å². The number of nitrogens with one attached hydrogen (secondary N) is 2. The Morgan fingerprint density at radius 2 is 1.47 bits per heavy atom. The van der Waals surface area contributed by atoms with Crippen LogP contribution in [0.1, 0.15) is 11.6 Å². The molecule has 2 amide bonds. The zero-order valence-corrected chi connectivity index (χ0v) is 18.8. The average Bonchev–Trinajstić information content (AvgIpc) is 2.77. The Kier molecular flexibility index (Phi) is 8.72. The molecule has 2 N–H and O–H groups in total. The molecule has 172 valence electrons. The van der Waals surface area contributed by atoms with Crippen molar-refractivity contribution in [2.75, 3.05) is 65.2 Å². The van der Waals surface area contributed by atoms with Gasteiger partial charge in [0, 0.05) is 38.4 Å². The van der Waals surface area contributed by atoms with Crippen LogP contribution >= 0.6 is 0 Å². The van der Waals surface area contributed by atoms with Crippen LogP contribution in [-0.4, -0.2) is 86.4 Å². The molecule has 32 heavy (non-hydrogen) atoms. The van der Waals surface area contributed by atoms with Gasteiger partial charge in [0.2, 0.25) is 11.8 Å². The van der Waals surface area contributed by atoms with Crippen molar-refractivity contribution >= 4 is 17.5 Å². The van der Waals surface area contributed by atoms with Crippen molar-refractivity contribution in [1.82, 2.24) is 20.0 Å². The average molecular weight is 442 g/mol. The fraction of sp³-hybridized carbons (Fsp3) is 0.417. The molecule has 8 heteroatoms. The minimum Gasteiger partial charge on any atom is -0.353 e. The highest BCUT2D eigenvalue weighted by atomic mass is 19.1. The van der Waals surface area contributed by atoms with Crippen LogP contribution in [0.3, 0.4) is 0 Å². The molecule has 0 aliphatic carbocycles. The van der Waals surface area contributed by atoms with Gasteiger partial charge in [0.05, 0.1) is 19.1 Å². The summed E-state index contributed by atoms with van der Waals surface area (Å²) in [6.07, 6.45) is 0. The molecule has 2 aromatic rings. The summed E-state index contributed by atoms with van der Waals surface area (Å²) in [6, 6.07) is 16.0. The number of amides is 2. The zero-order valence-electron chi connectivity index (χ0n) is 18.8. The lowest BCUT2D eigenvalue weighted by Gasteiger charge is -2.34. The molecule has 1 fully saturated rings. The molecule has 0 saturated carbocycles. The second-order valence-corrected chi connectivity index (χ2v) is 8.30. The summed E-state index contributed by atoms with van der Waals surface area (Å²) in [4.78, 5) is 31.0. The predicted octanol–water partition coefficient (Wildman–Crippen LogP) is 1.80. The van der Waals surface area contributed by atoms with E-state index in [1.165, 1.54) is 17.7 Å². The van der Waals surface area contributed by atoms with E-state index in [2.05, 4.69) is 37.5 Å². The first-order valence-corrected chi connectivity index (χ1v) is 10.9. The molecule has 0 aromatic heterocycles. The molecule has 0 spiro atoms. The molecular formula is C24H32FN5O2. The summed E-state index contributed by atoms with van der Waals surface area (Å²) in [5.41, 5.74) is 1.75. The Morgan fingerprint density at radius 1 is 0.906 bits per heavy atom. The quantitative estimate of drug-likeness (QED) is 0.621. The van der Waals surface area contributed by atoms with Gasteiger partial charge >= 0.3 is 0 Å². The van der Waals surface area contributed by atoms with Crippen molar-refractivity contribution in [1.29, 1.82) is 0 Å². The van der Waals surface area contributed by atoms with Crippen LogP contribution in [0.2, 0.25) is 0 Å². The van der Waals surface area contributed by atoms with Crippen molar-refractivity contribution in [3.63, 3.8) is 0 Å². The minimum absolute atomic E-state index is 0.00952. The number of rotatable bonds is 9. The molecule has 1 atom stereocenters. The molecule has 0 radical (unpaired) electrons. The molecule has 1 heterocycles. The molecule has 0 bridgehead atoms. The van der Waals surface area contributed by atoms with Crippen molar-refractivity contribution in [2.24, 2.45) is 0 Å². The van der Waals surface area contributed by atoms with Crippen LogP contribution in [0.25, 0.3) is 0 Å². The fourth-order valence-electron chi connectivity index (χ4n) is 3.79. The summed E-state index contributed by atoms with van der Waals surface area (Å²) < 4.78 is 13.0. The van der Waals surface area contributed by atoms with Crippen LogP contribution in [0.15, 0.2) is 54.6 Å². The molecule has 1 aliphatic heterocycles. The topological polar surface area (TPSA) is 67.9 Å². The van der Waals surface area contributed by atoms with E-state index >= 15 is 0 Å². The summed E-state index contributed by atoms with van der Waals surface area (Å²) in [6.45, 7) is 4.08. The lowest BCUT2D eigenvalue weighted by molar-refractivity contribution is -0.123. The predicted molar refractivity (Wildman–Crippen MR) is 124 cm³/mol. The van der Waals surface area contributed by atoms with Crippen LogP contribution in [0.4, 0.5) is 10.1 Å². The van der Waals surface area contributed by atoms with Gasteiger partial charge < -0.3 is 15.5 Å². The molecular weight excluding hydrogens is 409 g/mol. The number of anilines is 1. The van der Waals surface area contributed by atoms with Crippen molar-refractivity contribution in [2.45, 2.75) is 6.04 Å². The van der Waals surface area contributed by atoms with Gasteiger partial charge in [0.25, 0.3) is 0 Å². The van der Waals surface area contributed by atoms with Gasteiger partial charge in [-0.15, -0.1) is 0 Å². The van der Waals surface area contributed by atoms with E-state index < -0.39 is 0 Å². The number of carbonyl (C=O) groups excluding carboxylic acids is 2. The van der Waals surface area contributed by atoms with E-state index in [4.69, 9.17) is 0 Å². The Labute approximate surface area is 189 Å². The third-order valence-electron chi connectivity index (χ3n) is 5.63. The number of hydrogen-bond donors (Lipinski definition) is 2. The number of nitrogens with zero attached hydrogens (tertiary/aromatic N) is 3. The summed E-state index contributed by atoms with van der Waals surface area (Å²) in [5, 5.41) is 5.84. The van der Waals surface area contributed by atoms with E-state index in [-0.39, 0.29) is 30.2 Å². The third-order valence-corrected chi connectivity index (χ3v) is 5.63. The van der Waals surface area contributed by atoms with Gasteiger partial charge in [-0.3, -0.25) is 19.4 Å². The van der Waals surface area contributed by atoms with Gasteiger partial charge in [-0.1, -0.05) is 30.3 Å². The highest BCUT2D eigenvalue weighted by Crippen LogP contribution is 2.16. The number of carbonyl (C=O) groups is 2. The standard InChI is InChI=1S/C24H32FN5O2/c1-28(2)22(19-6-4-3-5-7-19)16-26-23(31)17-29-12-14-30(15-13-29)18-24(32)27-21-10-8-20(25)9-11-21/h3-11,22H,12-18H2,1-2H3,(H,26,31)(H,27,32). The molecule has 2 aromatic carbocycles. The van der Waals surface area contributed by atoms with Crippen LogP contribution in [-0.2, 0) is 9.59 Å². The molecule has 1 aliphatic rings. The molecule has 1 saturated heterocycles. The second-order valence-electron chi connectivity index (χ2n) is 8.30. The highest BCUT2D eigenvalue weighted by molar-refractivity contribution is 5.92. The SMILES string of the molecule is CN(C)C(CNC(=O)CN1CCN(CC(=O)Nc2ccc(F)cc2)CC1)c1ccccc1. The lowest BCUT2D eigenvalue weighted by atomic mass is 10.1. The van der Waals surface area contributed by atoms with Gasteiger partial charge in [0.15, 0.2) is 0 Å². The Morgan fingerprint density at radius 3 is 2.03 bits per heavy atom. The monoisotopic (exact) mass is 441 g/mol. The number of likely N-dealkylation sites (N-methyl/N-ethyl adjacent to an activating group) is 1. The van der Waals surface area contributed by atoms with E-state index in [1.807, 2.05) is 32.3 Å². The lowest BCUT2D eigenvalue weighted by Crippen LogP contribution is -2.51. The molecule has 1 unspecified atom stereocenters. The van der Waals surface area contributed by atoms with Crippen molar-refractivity contribution in [3.8, 4) is 0 Å². The fourth-order valence-corrected chi connectivity index (χ4v) is 3.79. The maximum Gasteiger partial charge on any atom is 0.238 e. The van der Waals surface area contributed by atoms with Crippen LogP contribution < -0.4 is 10.6 Å². The Hall–Kier alpha value is -2.81. The largest absolute Gasteiger partial charge is 0.353 e. The first-order chi connectivity index (χ1) is 15.4. The van der Waals surface area contributed by atoms with Crippen LogP contribution in [0.5, 0.6) is 0 Å². The van der Waals surface area contributed by atoms with E-state index in [1.54, 1.807) is 12.1 Å². The van der Waals surface area contributed by atoms with E-state index in [0.29, 0.717) is 31.9 Å². The zero-order chi connectivity index (χ0) is 22.9. The first kappa shape index (κ1) is 23.8. The maximum atomic E-state index is 13.0. The van der Waals surface area contributed by atoms with E-state index in [0.717, 1.165) is 13.1 Å². The van der Waals surface area contributed by atoms with Gasteiger partial charge in [-0.2, -0.15) is 0 Å². The number of piperazine rings is 1. The van der Waals surface area contributed by atoms with Crippen molar-refractivity contribution < 1.29 is 14.0 Å². The summed E-state index contributed by atoms with van der Waals surface area (Å²) in [7, 11) is 4.02. The highest BCUT2D eigenvalue weighted by Gasteiger charge is 2.21. The normalized spacial score (nSPS) is 16.0. The summed E-state index contributed by atoms with van der Waals surface area (Å²) in [5.74, 6) is -0.450. The van der Waals surface area contributed by atoms with Gasteiger partial charge in [0.1, 0.15) is 5.82 Å². The third kappa shape index (κ3) is 7.40. The maximum absolute atomic E-state index is 13.0. The minimum atomic E-state index is -0.333. The van der Waals surface area contributed by atoms with E-state index in [9.17, 15) is 14.0 Å². The number of halogens is 1. The Bertz CT molecular complexity index is 868. The summed E-state index contributed by atoms with van der Waals surface area (Å²) >= 11 is 0. The van der Waals surface area contributed by atoms with Gasteiger partial charge in [-0.05, 0) is 43.9 Å². The number of benzene rings is 2. The van der Waals surface area contributed by atoms with Crippen molar-refractivity contribution in [3.05, 3.63) is 66.0 Å². The molecule has 7 nitrogen and oxygen atoms in total. The van der Waals surface area contributed by atoms with Gasteiger partial charge in [-0.25, -0.2) is 4.39 Å². The smallest absolute Gasteiger partial charge is 0.238 e. The second kappa shape index (κ2) is 11.7. The number of hydrogen-bond acceptors (Lipinski definition) is 5. The Balaban J connectivity index is 1.37.